The van der Waals surface area contributed by atoms with E-state index in [9.17, 15) is 9.59 Å². The summed E-state index contributed by atoms with van der Waals surface area (Å²) in [4.78, 5) is 25.1. The molecule has 1 unspecified atom stereocenters. The standard InChI is InChI=1S/C45H73NO4/c1-3-5-7-9-11-13-15-17-19-21-23-25-27-29-34-38-44(47)49-41-43(40-46-42-36-32-31-33-37-42)50-45(48)39-35-30-28-26-24-22-20-18-16-14-12-10-8-6-4-2/h5,7,11,13,17-20,31-33,36-37,43,46H,3-4,6,8-10,12,14-16,21-30,34-35,38-41H2,1-2H3. The average molecular weight is 692 g/mol. The lowest BCUT2D eigenvalue weighted by Crippen LogP contribution is -2.31. The zero-order chi connectivity index (χ0) is 36.0. The minimum absolute atomic E-state index is 0.0771. The molecular formula is C45H73NO4. The van der Waals surface area contributed by atoms with Gasteiger partial charge in [-0.05, 0) is 82.8 Å². The second kappa shape index (κ2) is 35.7. The summed E-state index contributed by atoms with van der Waals surface area (Å²) in [6, 6.07) is 9.82. The molecule has 0 radical (unpaired) electrons. The van der Waals surface area contributed by atoms with Crippen LogP contribution < -0.4 is 5.32 Å². The van der Waals surface area contributed by atoms with Crippen molar-refractivity contribution in [1.82, 2.24) is 0 Å². The first-order valence-corrected chi connectivity index (χ1v) is 20.4. The van der Waals surface area contributed by atoms with E-state index >= 15 is 0 Å². The zero-order valence-corrected chi connectivity index (χ0v) is 32.1. The Morgan fingerprint density at radius 3 is 1.64 bits per heavy atom. The highest BCUT2D eigenvalue weighted by molar-refractivity contribution is 5.70. The van der Waals surface area contributed by atoms with Crippen LogP contribution in [-0.2, 0) is 19.1 Å². The molecule has 0 aliphatic carbocycles. The van der Waals surface area contributed by atoms with Gasteiger partial charge in [-0.1, -0.05) is 151 Å². The van der Waals surface area contributed by atoms with Crippen molar-refractivity contribution >= 4 is 17.6 Å². The van der Waals surface area contributed by atoms with E-state index in [4.69, 9.17) is 9.47 Å². The molecule has 50 heavy (non-hydrogen) atoms. The van der Waals surface area contributed by atoms with Crippen LogP contribution in [0.15, 0.2) is 78.9 Å². The number of benzene rings is 1. The smallest absolute Gasteiger partial charge is 0.306 e. The van der Waals surface area contributed by atoms with E-state index in [2.05, 4.69) is 67.8 Å². The Balaban J connectivity index is 2.18. The predicted molar refractivity (Wildman–Crippen MR) is 214 cm³/mol. The third-order valence-electron chi connectivity index (χ3n) is 8.71. The van der Waals surface area contributed by atoms with Crippen molar-refractivity contribution in [3.63, 3.8) is 0 Å². The molecule has 0 aliphatic heterocycles. The lowest BCUT2D eigenvalue weighted by Gasteiger charge is -2.19. The van der Waals surface area contributed by atoms with Gasteiger partial charge in [-0.2, -0.15) is 0 Å². The summed E-state index contributed by atoms with van der Waals surface area (Å²) < 4.78 is 11.3. The molecule has 0 saturated heterocycles. The van der Waals surface area contributed by atoms with Gasteiger partial charge in [0.15, 0.2) is 6.10 Å². The Labute approximate surface area is 307 Å². The normalized spacial score (nSPS) is 12.4. The maximum atomic E-state index is 12.7. The van der Waals surface area contributed by atoms with Crippen LogP contribution in [0.3, 0.4) is 0 Å². The zero-order valence-electron chi connectivity index (χ0n) is 32.1. The van der Waals surface area contributed by atoms with Crippen LogP contribution in [0.1, 0.15) is 168 Å². The first-order chi connectivity index (χ1) is 24.7. The fraction of sp³-hybridized carbons (Fsp3) is 0.644. The topological polar surface area (TPSA) is 64.6 Å². The average Bonchev–Trinajstić information content (AvgIpc) is 3.13. The largest absolute Gasteiger partial charge is 0.462 e. The van der Waals surface area contributed by atoms with E-state index in [0.717, 1.165) is 76.3 Å². The van der Waals surface area contributed by atoms with Gasteiger partial charge in [-0.3, -0.25) is 9.59 Å². The third-order valence-corrected chi connectivity index (χ3v) is 8.71. The lowest BCUT2D eigenvalue weighted by atomic mass is 10.1. The van der Waals surface area contributed by atoms with Crippen LogP contribution >= 0.6 is 0 Å². The van der Waals surface area contributed by atoms with Crippen molar-refractivity contribution in [2.24, 2.45) is 0 Å². The number of nitrogens with one attached hydrogen (secondary N) is 1. The molecular weight excluding hydrogens is 618 g/mol. The van der Waals surface area contributed by atoms with Crippen LogP contribution in [0.5, 0.6) is 0 Å². The number of carbonyl (C=O) groups is 2. The minimum Gasteiger partial charge on any atom is -0.462 e. The number of hydrogen-bond acceptors (Lipinski definition) is 5. The Morgan fingerprint density at radius 1 is 0.580 bits per heavy atom. The van der Waals surface area contributed by atoms with Crippen LogP contribution in [0, 0.1) is 0 Å². The number of rotatable bonds is 34. The molecule has 282 valence electrons. The van der Waals surface area contributed by atoms with Crippen LogP contribution in [0.25, 0.3) is 0 Å². The van der Waals surface area contributed by atoms with Crippen molar-refractivity contribution < 1.29 is 19.1 Å². The maximum absolute atomic E-state index is 12.7. The van der Waals surface area contributed by atoms with Crippen LogP contribution in [0.4, 0.5) is 5.69 Å². The van der Waals surface area contributed by atoms with Gasteiger partial charge >= 0.3 is 11.9 Å². The lowest BCUT2D eigenvalue weighted by molar-refractivity contribution is -0.158. The molecule has 0 heterocycles. The fourth-order valence-electron chi connectivity index (χ4n) is 5.65. The summed E-state index contributed by atoms with van der Waals surface area (Å²) in [5, 5.41) is 3.31. The van der Waals surface area contributed by atoms with Gasteiger partial charge in [0.1, 0.15) is 6.61 Å². The van der Waals surface area contributed by atoms with Crippen molar-refractivity contribution in [3.05, 3.63) is 78.9 Å². The molecule has 0 spiro atoms. The van der Waals surface area contributed by atoms with Crippen molar-refractivity contribution in [2.75, 3.05) is 18.5 Å². The van der Waals surface area contributed by atoms with Crippen LogP contribution in [-0.4, -0.2) is 31.2 Å². The molecule has 1 atom stereocenters. The van der Waals surface area contributed by atoms with E-state index in [0.29, 0.717) is 19.4 Å². The van der Waals surface area contributed by atoms with E-state index in [1.807, 2.05) is 30.3 Å². The number of hydrogen-bond donors (Lipinski definition) is 1. The molecule has 0 aliphatic rings. The monoisotopic (exact) mass is 692 g/mol. The number of esters is 2. The quantitative estimate of drug-likeness (QED) is 0.0443. The summed E-state index contributed by atoms with van der Waals surface area (Å²) in [6.07, 6.45) is 43.8. The van der Waals surface area contributed by atoms with Crippen LogP contribution in [0.2, 0.25) is 0 Å². The van der Waals surface area contributed by atoms with E-state index in [1.54, 1.807) is 0 Å². The summed E-state index contributed by atoms with van der Waals surface area (Å²) >= 11 is 0. The van der Waals surface area contributed by atoms with Gasteiger partial charge in [-0.25, -0.2) is 0 Å². The van der Waals surface area contributed by atoms with Gasteiger partial charge in [0.25, 0.3) is 0 Å². The molecule has 0 aromatic heterocycles. The van der Waals surface area contributed by atoms with Crippen molar-refractivity contribution in [2.45, 2.75) is 174 Å². The first-order valence-electron chi connectivity index (χ1n) is 20.4. The number of carbonyl (C=O) groups excluding carboxylic acids is 2. The third kappa shape index (κ3) is 30.9. The molecule has 1 rings (SSSR count). The van der Waals surface area contributed by atoms with E-state index in [-0.39, 0.29) is 18.5 Å². The highest BCUT2D eigenvalue weighted by Gasteiger charge is 2.17. The van der Waals surface area contributed by atoms with E-state index < -0.39 is 6.10 Å². The summed E-state index contributed by atoms with van der Waals surface area (Å²) in [7, 11) is 0. The number of ether oxygens (including phenoxy) is 2. The van der Waals surface area contributed by atoms with Gasteiger partial charge in [0, 0.05) is 18.5 Å². The molecule has 0 amide bonds. The van der Waals surface area contributed by atoms with Crippen molar-refractivity contribution in [1.29, 1.82) is 0 Å². The Bertz CT molecular complexity index is 1030. The van der Waals surface area contributed by atoms with Crippen molar-refractivity contribution in [3.8, 4) is 0 Å². The molecule has 0 saturated carbocycles. The molecule has 5 nitrogen and oxygen atoms in total. The summed E-state index contributed by atoms with van der Waals surface area (Å²) in [5.41, 5.74) is 0.944. The predicted octanol–water partition coefficient (Wildman–Crippen LogP) is 13.2. The van der Waals surface area contributed by atoms with Gasteiger partial charge < -0.3 is 14.8 Å². The number of allylic oxidation sites excluding steroid dienone is 8. The molecule has 0 fully saturated rings. The second-order valence-electron chi connectivity index (χ2n) is 13.5. The fourth-order valence-corrected chi connectivity index (χ4v) is 5.65. The SMILES string of the molecule is CCC=CCC=CCC=CCCCCCCCC(=O)OCC(CNc1ccccc1)OC(=O)CCCCCCCC=CCCCCCCCC. The summed E-state index contributed by atoms with van der Waals surface area (Å²) in [5.74, 6) is -0.436. The van der Waals surface area contributed by atoms with Gasteiger partial charge in [0.05, 0.1) is 6.54 Å². The molecule has 1 N–H and O–H groups in total. The Kier molecular flexibility index (Phi) is 32.1. The first kappa shape index (κ1) is 44.9. The number of anilines is 1. The van der Waals surface area contributed by atoms with Gasteiger partial charge in [0.2, 0.25) is 0 Å². The molecule has 1 aromatic rings. The number of unbranched alkanes of at least 4 members (excludes halogenated alkanes) is 16. The maximum Gasteiger partial charge on any atom is 0.306 e. The highest BCUT2D eigenvalue weighted by atomic mass is 16.6. The van der Waals surface area contributed by atoms with Gasteiger partial charge in [-0.15, -0.1) is 0 Å². The Morgan fingerprint density at radius 2 is 1.06 bits per heavy atom. The minimum atomic E-state index is -0.517. The molecule has 1 aromatic carbocycles. The molecule has 5 heteroatoms. The van der Waals surface area contributed by atoms with E-state index in [1.165, 1.54) is 70.6 Å². The summed E-state index contributed by atoms with van der Waals surface area (Å²) in [6.45, 7) is 4.90. The number of para-hydroxylation sites is 1. The second-order valence-corrected chi connectivity index (χ2v) is 13.5. The Hall–Kier alpha value is -3.08. The highest BCUT2D eigenvalue weighted by Crippen LogP contribution is 2.13. The molecule has 0 bridgehead atoms.